The molecule has 8 nitrogen and oxygen atoms in total. The van der Waals surface area contributed by atoms with Gasteiger partial charge in [-0.05, 0) is 55.7 Å². The Hall–Kier alpha value is -2.22. The molecule has 1 aromatic rings. The molecule has 0 aromatic heterocycles. The molecule has 3 atom stereocenters. The first-order chi connectivity index (χ1) is 15.3. The topological polar surface area (TPSA) is 124 Å². The maximum atomic E-state index is 12.7. The van der Waals surface area contributed by atoms with E-state index in [4.69, 9.17) is 0 Å². The van der Waals surface area contributed by atoms with E-state index < -0.39 is 31.1 Å². The molecular formula is C23H31N3O5S2. The summed E-state index contributed by atoms with van der Waals surface area (Å²) in [5.41, 5.74) is -0.548. The average molecular weight is 494 g/mol. The van der Waals surface area contributed by atoms with Gasteiger partial charge < -0.3 is 10.2 Å². The van der Waals surface area contributed by atoms with Crippen molar-refractivity contribution in [1.82, 2.24) is 10.2 Å². The predicted molar refractivity (Wildman–Crippen MR) is 126 cm³/mol. The van der Waals surface area contributed by atoms with E-state index in [0.717, 1.165) is 12.7 Å². The SMILES string of the molecule is CC1(C)[C@@H](C(c2ccc(S(C)(=O)=O)cc2)=S(=O)=O)CC[C@@]1(C)NCC(=O)N1CCCC1C#N. The van der Waals surface area contributed by atoms with Gasteiger partial charge in [-0.2, -0.15) is 13.7 Å². The summed E-state index contributed by atoms with van der Waals surface area (Å²) in [6.45, 7) is 6.66. The molecule has 0 radical (unpaired) electrons. The van der Waals surface area contributed by atoms with Crippen LogP contribution in [0.15, 0.2) is 29.2 Å². The van der Waals surface area contributed by atoms with Crippen molar-refractivity contribution in [3.05, 3.63) is 29.8 Å². The first kappa shape index (κ1) is 25.4. The molecular weight excluding hydrogens is 462 g/mol. The maximum absolute atomic E-state index is 12.7. The molecule has 1 saturated heterocycles. The smallest absolute Gasteiger partial charge is 0.237 e. The second-order valence-corrected chi connectivity index (χ2v) is 12.7. The van der Waals surface area contributed by atoms with Crippen LogP contribution >= 0.6 is 0 Å². The summed E-state index contributed by atoms with van der Waals surface area (Å²) >= 11 is 0. The standard InChI is InChI=1S/C23H31N3O5S2/c1-22(2)19(21(32(28)29)16-7-9-18(10-8-16)33(4,30)31)11-12-23(22,3)25-15-20(27)26-13-5-6-17(26)14-24/h7-10,17,19,25H,5-6,11-13,15H2,1-4H3/t17?,19-,23-/m1/s1. The molecule has 0 spiro atoms. The lowest BCUT2D eigenvalue weighted by Crippen LogP contribution is -2.56. The Morgan fingerprint density at radius 2 is 1.85 bits per heavy atom. The van der Waals surface area contributed by atoms with Crippen LogP contribution < -0.4 is 5.32 Å². The molecule has 1 aromatic carbocycles. The van der Waals surface area contributed by atoms with Gasteiger partial charge in [0.1, 0.15) is 6.04 Å². The van der Waals surface area contributed by atoms with E-state index in [0.29, 0.717) is 31.4 Å². The normalized spacial score (nSPS) is 26.7. The summed E-state index contributed by atoms with van der Waals surface area (Å²) in [6, 6.07) is 7.74. The summed E-state index contributed by atoms with van der Waals surface area (Å²) in [5.74, 6) is -0.432. The number of benzene rings is 1. The highest BCUT2D eigenvalue weighted by atomic mass is 32.2. The average Bonchev–Trinajstić information content (AvgIpc) is 3.30. The molecule has 1 N–H and O–H groups in total. The number of rotatable bonds is 6. The Morgan fingerprint density at radius 3 is 2.39 bits per heavy atom. The van der Waals surface area contributed by atoms with Gasteiger partial charge >= 0.3 is 0 Å². The van der Waals surface area contributed by atoms with Crippen LogP contribution in [-0.2, 0) is 24.9 Å². The summed E-state index contributed by atoms with van der Waals surface area (Å²) < 4.78 is 48.2. The second-order valence-electron chi connectivity index (χ2n) is 9.77. The predicted octanol–water partition coefficient (Wildman–Crippen LogP) is 1.79. The largest absolute Gasteiger partial charge is 0.326 e. The van der Waals surface area contributed by atoms with Crippen LogP contribution in [0.3, 0.4) is 0 Å². The number of hydrogen-bond acceptors (Lipinski definition) is 7. The van der Waals surface area contributed by atoms with E-state index in [2.05, 4.69) is 11.4 Å². The first-order valence-electron chi connectivity index (χ1n) is 11.0. The fourth-order valence-corrected chi connectivity index (χ4v) is 6.73. The fourth-order valence-electron chi connectivity index (χ4n) is 5.13. The van der Waals surface area contributed by atoms with Crippen LogP contribution in [0, 0.1) is 22.7 Å². The highest BCUT2D eigenvalue weighted by Gasteiger charge is 2.53. The monoisotopic (exact) mass is 493 g/mol. The molecule has 1 unspecified atom stereocenters. The van der Waals surface area contributed by atoms with Crippen molar-refractivity contribution < 1.29 is 21.6 Å². The van der Waals surface area contributed by atoms with Crippen molar-refractivity contribution in [3.8, 4) is 6.07 Å². The van der Waals surface area contributed by atoms with Gasteiger partial charge in [-0.1, -0.05) is 26.0 Å². The van der Waals surface area contributed by atoms with Gasteiger partial charge in [0.2, 0.25) is 16.2 Å². The third-order valence-corrected chi connectivity index (χ3v) is 9.65. The molecule has 3 rings (SSSR count). The van der Waals surface area contributed by atoms with Gasteiger partial charge in [-0.15, -0.1) is 0 Å². The number of carbonyl (C=O) groups excluding carboxylic acids is 1. The van der Waals surface area contributed by atoms with Gasteiger partial charge in [0, 0.05) is 24.3 Å². The highest BCUT2D eigenvalue weighted by Crippen LogP contribution is 2.51. The summed E-state index contributed by atoms with van der Waals surface area (Å²) in [7, 11) is -5.88. The Balaban J connectivity index is 1.83. The van der Waals surface area contributed by atoms with Gasteiger partial charge in [-0.3, -0.25) is 4.79 Å². The van der Waals surface area contributed by atoms with Gasteiger partial charge in [0.05, 0.1) is 22.4 Å². The van der Waals surface area contributed by atoms with Crippen molar-refractivity contribution in [3.63, 3.8) is 0 Å². The zero-order valence-corrected chi connectivity index (χ0v) is 21.1. The number of nitrogens with zero attached hydrogens (tertiary/aromatic N) is 2. The number of likely N-dealkylation sites (tertiary alicyclic amines) is 1. The molecule has 1 amide bonds. The van der Waals surface area contributed by atoms with E-state index in [9.17, 15) is 26.9 Å². The van der Waals surface area contributed by atoms with Crippen molar-refractivity contribution in [2.45, 2.75) is 62.9 Å². The minimum Gasteiger partial charge on any atom is -0.326 e. The minimum absolute atomic E-state index is 0.0870. The quantitative estimate of drug-likeness (QED) is 0.473. The molecule has 1 saturated carbocycles. The van der Waals surface area contributed by atoms with E-state index >= 15 is 0 Å². The van der Waals surface area contributed by atoms with E-state index in [1.165, 1.54) is 12.1 Å². The van der Waals surface area contributed by atoms with Crippen LogP contribution in [0.25, 0.3) is 0 Å². The third-order valence-electron chi connectivity index (χ3n) is 7.64. The lowest BCUT2D eigenvalue weighted by molar-refractivity contribution is -0.130. The number of carbonyl (C=O) groups is 1. The van der Waals surface area contributed by atoms with Gasteiger partial charge in [-0.25, -0.2) is 8.42 Å². The number of nitriles is 1. The molecule has 0 bridgehead atoms. The van der Waals surface area contributed by atoms with Crippen molar-refractivity contribution in [2.24, 2.45) is 11.3 Å². The minimum atomic E-state index is -3.38. The van der Waals surface area contributed by atoms with Crippen LogP contribution in [0.1, 0.15) is 52.0 Å². The molecule has 2 aliphatic rings. The second kappa shape index (κ2) is 9.20. The number of nitrogens with one attached hydrogen (secondary N) is 1. The number of amides is 1. The molecule has 1 aliphatic carbocycles. The van der Waals surface area contributed by atoms with E-state index in [1.807, 2.05) is 20.8 Å². The van der Waals surface area contributed by atoms with Crippen LogP contribution in [0.4, 0.5) is 0 Å². The summed E-state index contributed by atoms with van der Waals surface area (Å²) in [4.78, 5) is 14.7. The Bertz CT molecular complexity index is 1210. The highest BCUT2D eigenvalue weighted by molar-refractivity contribution is 7.90. The summed E-state index contributed by atoms with van der Waals surface area (Å²) in [5, 5.41) is 12.6. The van der Waals surface area contributed by atoms with E-state index in [1.54, 1.807) is 17.0 Å². The van der Waals surface area contributed by atoms with Crippen LogP contribution in [0.5, 0.6) is 0 Å². The van der Waals surface area contributed by atoms with Crippen LogP contribution in [-0.4, -0.2) is 63.4 Å². The lowest BCUT2D eigenvalue weighted by Gasteiger charge is -2.43. The molecule has 1 heterocycles. The van der Waals surface area contributed by atoms with Crippen LogP contribution in [0.2, 0.25) is 0 Å². The zero-order chi connectivity index (χ0) is 24.6. The zero-order valence-electron chi connectivity index (χ0n) is 19.5. The first-order valence-corrected chi connectivity index (χ1v) is 14.0. The van der Waals surface area contributed by atoms with Crippen molar-refractivity contribution in [1.29, 1.82) is 5.26 Å². The number of sulfone groups is 1. The van der Waals surface area contributed by atoms with Crippen molar-refractivity contribution >= 4 is 30.9 Å². The molecule has 180 valence electrons. The van der Waals surface area contributed by atoms with Crippen molar-refractivity contribution in [2.75, 3.05) is 19.3 Å². The Labute approximate surface area is 197 Å². The molecule has 2 fully saturated rings. The molecule has 1 aliphatic heterocycles. The Morgan fingerprint density at radius 1 is 1.21 bits per heavy atom. The third kappa shape index (κ3) is 4.86. The van der Waals surface area contributed by atoms with Gasteiger partial charge in [0.25, 0.3) is 0 Å². The molecule has 10 heteroatoms. The maximum Gasteiger partial charge on any atom is 0.237 e. The summed E-state index contributed by atoms with van der Waals surface area (Å²) in [6.07, 6.45) is 3.89. The lowest BCUT2D eigenvalue weighted by atomic mass is 9.69. The Kier molecular flexibility index (Phi) is 7.08. The van der Waals surface area contributed by atoms with Gasteiger partial charge in [0.15, 0.2) is 9.84 Å². The number of hydrogen-bond donors (Lipinski definition) is 1. The fraction of sp³-hybridized carbons (Fsp3) is 0.609. The van der Waals surface area contributed by atoms with E-state index in [-0.39, 0.29) is 34.2 Å². The molecule has 33 heavy (non-hydrogen) atoms.